The van der Waals surface area contributed by atoms with Crippen LogP contribution in [0.15, 0.2) is 35.7 Å². The highest BCUT2D eigenvalue weighted by molar-refractivity contribution is 7.18. The van der Waals surface area contributed by atoms with E-state index in [2.05, 4.69) is 20.5 Å². The van der Waals surface area contributed by atoms with Crippen molar-refractivity contribution in [1.82, 2.24) is 9.97 Å². The average Bonchev–Trinajstić information content (AvgIpc) is 2.83. The molecule has 0 atom stereocenters. The zero-order valence-corrected chi connectivity index (χ0v) is 13.3. The molecule has 8 heteroatoms. The van der Waals surface area contributed by atoms with E-state index >= 15 is 0 Å². The summed E-state index contributed by atoms with van der Waals surface area (Å²) in [6, 6.07) is 6.26. The highest BCUT2D eigenvalue weighted by Gasteiger charge is 2.11. The second-order valence-electron chi connectivity index (χ2n) is 4.91. The van der Waals surface area contributed by atoms with Crippen molar-refractivity contribution < 1.29 is 4.92 Å². The minimum atomic E-state index is -0.434. The van der Waals surface area contributed by atoms with Crippen molar-refractivity contribution in [2.75, 3.05) is 5.43 Å². The Bertz CT molecular complexity index is 919. The Hall–Kier alpha value is -2.87. The summed E-state index contributed by atoms with van der Waals surface area (Å²) in [4.78, 5) is 20.9. The van der Waals surface area contributed by atoms with Crippen LogP contribution in [0, 0.1) is 24.0 Å². The number of thiophene rings is 1. The molecule has 0 aliphatic heterocycles. The molecule has 2 aromatic heterocycles. The summed E-state index contributed by atoms with van der Waals surface area (Å²) in [7, 11) is 0. The van der Waals surface area contributed by atoms with Gasteiger partial charge < -0.3 is 0 Å². The van der Waals surface area contributed by atoms with Gasteiger partial charge in [-0.05, 0) is 19.4 Å². The molecule has 0 fully saturated rings. The zero-order chi connectivity index (χ0) is 16.4. The molecule has 2 heterocycles. The predicted molar refractivity (Wildman–Crippen MR) is 91.2 cm³/mol. The first-order chi connectivity index (χ1) is 11.1. The molecule has 0 radical (unpaired) electrons. The molecule has 23 heavy (non-hydrogen) atoms. The van der Waals surface area contributed by atoms with E-state index in [1.807, 2.05) is 13.8 Å². The smallest absolute Gasteiger partial charge is 0.261 e. The standard InChI is InChI=1S/C15H13N5O2S/c1-9-10(2)23-15-13(9)14(16-8-17-15)19-18-7-11-4-3-5-12(6-11)20(21)22/h3-8H,1-2H3,(H,16,17,19)/b18-7+. The van der Waals surface area contributed by atoms with Gasteiger partial charge in [-0.15, -0.1) is 11.3 Å². The Morgan fingerprint density at radius 3 is 2.96 bits per heavy atom. The van der Waals surface area contributed by atoms with Crippen LogP contribution in [0.1, 0.15) is 16.0 Å². The fraction of sp³-hybridized carbons (Fsp3) is 0.133. The largest absolute Gasteiger partial charge is 0.270 e. The number of hydrogen-bond acceptors (Lipinski definition) is 7. The Labute approximate surface area is 135 Å². The Kier molecular flexibility index (Phi) is 3.98. The molecule has 7 nitrogen and oxygen atoms in total. The molecule has 3 rings (SSSR count). The lowest BCUT2D eigenvalue weighted by Crippen LogP contribution is -1.96. The van der Waals surface area contributed by atoms with Gasteiger partial charge in [0.1, 0.15) is 11.2 Å². The van der Waals surface area contributed by atoms with Crippen LogP contribution in [-0.4, -0.2) is 21.1 Å². The number of benzene rings is 1. The molecular weight excluding hydrogens is 314 g/mol. The Balaban J connectivity index is 1.86. The molecule has 0 spiro atoms. The number of hydrogen-bond donors (Lipinski definition) is 1. The van der Waals surface area contributed by atoms with Crippen molar-refractivity contribution in [3.63, 3.8) is 0 Å². The second kappa shape index (κ2) is 6.09. The number of hydrazone groups is 1. The lowest BCUT2D eigenvalue weighted by molar-refractivity contribution is -0.384. The first kappa shape index (κ1) is 15.0. The molecular formula is C15H13N5O2S. The number of nitro groups is 1. The van der Waals surface area contributed by atoms with Crippen molar-refractivity contribution in [1.29, 1.82) is 0 Å². The fourth-order valence-electron chi connectivity index (χ4n) is 2.15. The molecule has 1 N–H and O–H groups in total. The quantitative estimate of drug-likeness (QED) is 0.448. The van der Waals surface area contributed by atoms with Gasteiger partial charge in [-0.3, -0.25) is 15.5 Å². The molecule has 0 bridgehead atoms. The monoisotopic (exact) mass is 327 g/mol. The van der Waals surface area contributed by atoms with Crippen LogP contribution in [-0.2, 0) is 0 Å². The first-order valence-corrected chi connectivity index (χ1v) is 7.62. The van der Waals surface area contributed by atoms with Gasteiger partial charge in [-0.2, -0.15) is 5.10 Å². The number of nitrogens with zero attached hydrogens (tertiary/aromatic N) is 4. The summed E-state index contributed by atoms with van der Waals surface area (Å²) >= 11 is 1.61. The highest BCUT2D eigenvalue weighted by Crippen LogP contribution is 2.32. The third kappa shape index (κ3) is 3.02. The number of nitro benzene ring substituents is 1. The number of anilines is 1. The van der Waals surface area contributed by atoms with Crippen molar-refractivity contribution in [3.05, 3.63) is 56.7 Å². The van der Waals surface area contributed by atoms with Crippen LogP contribution < -0.4 is 5.43 Å². The van der Waals surface area contributed by atoms with Crippen molar-refractivity contribution in [2.45, 2.75) is 13.8 Å². The summed E-state index contributed by atoms with van der Waals surface area (Å²) in [6.07, 6.45) is 3.01. The molecule has 0 aliphatic carbocycles. The van der Waals surface area contributed by atoms with E-state index in [9.17, 15) is 10.1 Å². The topological polar surface area (TPSA) is 93.3 Å². The number of nitrogens with one attached hydrogen (secondary N) is 1. The summed E-state index contributed by atoms with van der Waals surface area (Å²) in [5.41, 5.74) is 4.68. The SMILES string of the molecule is Cc1sc2ncnc(N/N=C/c3cccc([N+](=O)[O-])c3)c2c1C. The van der Waals surface area contributed by atoms with E-state index < -0.39 is 4.92 Å². The second-order valence-corrected chi connectivity index (χ2v) is 6.11. The van der Waals surface area contributed by atoms with Gasteiger partial charge in [0.15, 0.2) is 5.82 Å². The predicted octanol–water partition coefficient (Wildman–Crippen LogP) is 3.66. The lowest BCUT2D eigenvalue weighted by atomic mass is 10.2. The maximum absolute atomic E-state index is 10.8. The zero-order valence-electron chi connectivity index (χ0n) is 12.5. The highest BCUT2D eigenvalue weighted by atomic mass is 32.1. The van der Waals surface area contributed by atoms with Gasteiger partial charge in [0, 0.05) is 22.6 Å². The van der Waals surface area contributed by atoms with Crippen LogP contribution in [0.2, 0.25) is 0 Å². The van der Waals surface area contributed by atoms with Gasteiger partial charge in [-0.25, -0.2) is 9.97 Å². The number of rotatable bonds is 4. The van der Waals surface area contributed by atoms with Gasteiger partial charge in [0.05, 0.1) is 16.5 Å². The lowest BCUT2D eigenvalue weighted by Gasteiger charge is -2.01. The van der Waals surface area contributed by atoms with Crippen molar-refractivity contribution in [2.24, 2.45) is 5.10 Å². The number of fused-ring (bicyclic) bond motifs is 1. The number of aryl methyl sites for hydroxylation is 2. The molecule has 0 saturated carbocycles. The van der Waals surface area contributed by atoms with Gasteiger partial charge in [0.2, 0.25) is 0 Å². The van der Waals surface area contributed by atoms with Gasteiger partial charge >= 0.3 is 0 Å². The molecule has 0 amide bonds. The van der Waals surface area contributed by atoms with E-state index in [4.69, 9.17) is 0 Å². The molecule has 0 unspecified atom stereocenters. The van der Waals surface area contributed by atoms with Crippen LogP contribution in [0.3, 0.4) is 0 Å². The van der Waals surface area contributed by atoms with E-state index in [-0.39, 0.29) is 5.69 Å². The Morgan fingerprint density at radius 1 is 1.35 bits per heavy atom. The van der Waals surface area contributed by atoms with E-state index in [1.165, 1.54) is 29.6 Å². The third-order valence-corrected chi connectivity index (χ3v) is 4.55. The summed E-state index contributed by atoms with van der Waals surface area (Å²) in [5.74, 6) is 0.624. The maximum atomic E-state index is 10.8. The third-order valence-electron chi connectivity index (χ3n) is 3.43. The average molecular weight is 327 g/mol. The summed E-state index contributed by atoms with van der Waals surface area (Å²) in [6.45, 7) is 4.06. The molecule has 1 aromatic carbocycles. The maximum Gasteiger partial charge on any atom is 0.270 e. The first-order valence-electron chi connectivity index (χ1n) is 6.80. The molecule has 3 aromatic rings. The van der Waals surface area contributed by atoms with Gasteiger partial charge in [-0.1, -0.05) is 12.1 Å². The van der Waals surface area contributed by atoms with Crippen LogP contribution in [0.4, 0.5) is 11.5 Å². The van der Waals surface area contributed by atoms with Crippen LogP contribution in [0.5, 0.6) is 0 Å². The summed E-state index contributed by atoms with van der Waals surface area (Å²) in [5, 5.41) is 15.8. The number of aromatic nitrogens is 2. The minimum absolute atomic E-state index is 0.0303. The number of non-ortho nitro benzene ring substituents is 1. The Morgan fingerprint density at radius 2 is 2.17 bits per heavy atom. The molecule has 116 valence electrons. The van der Waals surface area contributed by atoms with Crippen LogP contribution in [0.25, 0.3) is 10.2 Å². The van der Waals surface area contributed by atoms with E-state index in [0.717, 1.165) is 15.8 Å². The van der Waals surface area contributed by atoms with Crippen molar-refractivity contribution in [3.8, 4) is 0 Å². The van der Waals surface area contributed by atoms with Crippen molar-refractivity contribution >= 4 is 39.3 Å². The van der Waals surface area contributed by atoms with Crippen LogP contribution >= 0.6 is 11.3 Å². The molecule has 0 saturated heterocycles. The normalized spacial score (nSPS) is 11.2. The minimum Gasteiger partial charge on any atom is -0.261 e. The fourth-order valence-corrected chi connectivity index (χ4v) is 3.15. The van der Waals surface area contributed by atoms with E-state index in [1.54, 1.807) is 23.5 Å². The molecule has 0 aliphatic rings. The van der Waals surface area contributed by atoms with E-state index in [0.29, 0.717) is 11.4 Å². The van der Waals surface area contributed by atoms with Gasteiger partial charge in [0.25, 0.3) is 5.69 Å². The summed E-state index contributed by atoms with van der Waals surface area (Å²) < 4.78 is 0.